The number of hydrogen-bond donors (Lipinski definition) is 1. The number of imidazole rings is 1. The number of alkyl carbamates (subject to hydrolysis) is 1. The second kappa shape index (κ2) is 9.93. The normalized spacial score (nSPS) is 14.6. The van der Waals surface area contributed by atoms with Gasteiger partial charge in [-0.05, 0) is 75.8 Å². The van der Waals surface area contributed by atoms with Crippen LogP contribution in [0, 0.1) is 0 Å². The van der Waals surface area contributed by atoms with Gasteiger partial charge in [0.1, 0.15) is 11.3 Å². The van der Waals surface area contributed by atoms with Gasteiger partial charge in [0.2, 0.25) is 0 Å². The molecule has 1 amide bonds. The zero-order chi connectivity index (χ0) is 27.9. The number of rotatable bonds is 6. The number of benzene rings is 2. The Morgan fingerprint density at radius 1 is 1.02 bits per heavy atom. The number of ether oxygens (including phenoxy) is 1. The summed E-state index contributed by atoms with van der Waals surface area (Å²) in [5.41, 5.74) is 5.83. The van der Waals surface area contributed by atoms with Crippen LogP contribution < -0.4 is 5.32 Å². The van der Waals surface area contributed by atoms with Crippen LogP contribution in [-0.4, -0.2) is 36.1 Å². The van der Waals surface area contributed by atoms with Crippen LogP contribution in [0.15, 0.2) is 79.1 Å². The van der Waals surface area contributed by atoms with Crippen molar-refractivity contribution in [2.75, 3.05) is 0 Å². The van der Waals surface area contributed by atoms with Crippen molar-refractivity contribution in [2.24, 2.45) is 0 Å². The van der Waals surface area contributed by atoms with E-state index in [0.717, 1.165) is 65.2 Å². The number of aromatic nitrogens is 5. The Hall–Kier alpha value is -4.46. The van der Waals surface area contributed by atoms with Crippen LogP contribution in [0.2, 0.25) is 0 Å². The van der Waals surface area contributed by atoms with Crippen molar-refractivity contribution in [3.05, 3.63) is 90.3 Å². The molecule has 1 N–H and O–H groups in total. The maximum absolute atomic E-state index is 12.6. The Balaban J connectivity index is 1.39. The first kappa shape index (κ1) is 25.8. The Kier molecular flexibility index (Phi) is 6.41. The molecule has 1 saturated carbocycles. The molecule has 0 bridgehead atoms. The lowest BCUT2D eigenvalue weighted by Crippen LogP contribution is -2.52. The smallest absolute Gasteiger partial charge is 0.408 e. The molecule has 3 aromatic heterocycles. The molecule has 1 aliphatic carbocycles. The molecule has 8 heteroatoms. The lowest BCUT2D eigenvalue weighted by molar-refractivity contribution is 0.0377. The van der Waals surface area contributed by atoms with Crippen LogP contribution in [0.1, 0.15) is 58.1 Å². The summed E-state index contributed by atoms with van der Waals surface area (Å²) >= 11 is 0. The van der Waals surface area contributed by atoms with Gasteiger partial charge in [0.15, 0.2) is 11.5 Å². The summed E-state index contributed by atoms with van der Waals surface area (Å²) < 4.78 is 9.23. The standard InChI is InChI=1S/C32H34N6O2/c1-5-22-10-6-7-11-25(22)26-16-17-27-34-28(29(38(27)36-26)37-21-9-20-33-37)23-12-14-24(15-13-23)32(18-8-19-32)35-30(39)40-31(2,3)4/h6-7,9-17,20-21H,5,8,18-19H2,1-4H3,(H,35,39). The molecule has 0 atom stereocenters. The van der Waals surface area contributed by atoms with E-state index >= 15 is 0 Å². The SMILES string of the molecule is CCc1ccccc1-c1ccc2nc(-c3ccc(C4(NC(=O)OC(C)(C)C)CCC4)cc3)c(-n3cccn3)n2n1. The van der Waals surface area contributed by atoms with E-state index in [0.29, 0.717) is 0 Å². The number of aryl methyl sites for hydroxylation is 1. The Bertz CT molecular complexity index is 1660. The topological polar surface area (TPSA) is 86.3 Å². The van der Waals surface area contributed by atoms with Crippen molar-refractivity contribution >= 4 is 11.7 Å². The van der Waals surface area contributed by atoms with E-state index in [4.69, 9.17) is 14.8 Å². The lowest BCUT2D eigenvalue weighted by atomic mass is 9.72. The highest BCUT2D eigenvalue weighted by atomic mass is 16.6. The highest BCUT2D eigenvalue weighted by molar-refractivity contribution is 5.74. The first-order chi connectivity index (χ1) is 19.3. The molecule has 0 radical (unpaired) electrons. The van der Waals surface area contributed by atoms with Gasteiger partial charge in [-0.15, -0.1) is 0 Å². The fraction of sp³-hybridized carbons (Fsp3) is 0.312. The molecule has 40 heavy (non-hydrogen) atoms. The zero-order valence-electron chi connectivity index (χ0n) is 23.4. The van der Waals surface area contributed by atoms with Crippen LogP contribution >= 0.6 is 0 Å². The summed E-state index contributed by atoms with van der Waals surface area (Å²) in [7, 11) is 0. The zero-order valence-corrected chi connectivity index (χ0v) is 23.4. The fourth-order valence-corrected chi connectivity index (χ4v) is 5.40. The summed E-state index contributed by atoms with van der Waals surface area (Å²) in [6.07, 6.45) is 7.02. The predicted octanol–water partition coefficient (Wildman–Crippen LogP) is 6.72. The van der Waals surface area contributed by atoms with Gasteiger partial charge >= 0.3 is 6.09 Å². The van der Waals surface area contributed by atoms with E-state index in [1.54, 1.807) is 6.20 Å². The maximum atomic E-state index is 12.6. The third kappa shape index (κ3) is 4.74. The molecule has 1 aliphatic rings. The van der Waals surface area contributed by atoms with Gasteiger partial charge in [-0.1, -0.05) is 55.5 Å². The number of hydrogen-bond acceptors (Lipinski definition) is 5. The average molecular weight is 535 g/mol. The summed E-state index contributed by atoms with van der Waals surface area (Å²) in [6, 6.07) is 22.6. The molecule has 3 heterocycles. The molecule has 0 aliphatic heterocycles. The van der Waals surface area contributed by atoms with Crippen LogP contribution in [0.4, 0.5) is 4.79 Å². The predicted molar refractivity (Wildman–Crippen MR) is 155 cm³/mol. The molecular weight excluding hydrogens is 500 g/mol. The van der Waals surface area contributed by atoms with Crippen molar-refractivity contribution in [1.29, 1.82) is 0 Å². The van der Waals surface area contributed by atoms with E-state index in [1.807, 2.05) is 60.4 Å². The second-order valence-electron chi connectivity index (χ2n) is 11.4. The monoisotopic (exact) mass is 534 g/mol. The minimum Gasteiger partial charge on any atom is -0.444 e. The molecule has 2 aromatic carbocycles. The minimum absolute atomic E-state index is 0.385. The molecule has 8 nitrogen and oxygen atoms in total. The molecule has 6 rings (SSSR count). The number of nitrogens with zero attached hydrogens (tertiary/aromatic N) is 5. The van der Waals surface area contributed by atoms with Gasteiger partial charge in [0.05, 0.1) is 11.2 Å². The van der Waals surface area contributed by atoms with Crippen molar-refractivity contribution in [3.8, 4) is 28.3 Å². The first-order valence-corrected chi connectivity index (χ1v) is 13.9. The van der Waals surface area contributed by atoms with Crippen molar-refractivity contribution in [2.45, 2.75) is 64.5 Å². The first-order valence-electron chi connectivity index (χ1n) is 13.9. The highest BCUT2D eigenvalue weighted by Crippen LogP contribution is 2.42. The molecular formula is C32H34N6O2. The Morgan fingerprint density at radius 2 is 1.80 bits per heavy atom. The van der Waals surface area contributed by atoms with Gasteiger partial charge in [-0.25, -0.2) is 14.5 Å². The van der Waals surface area contributed by atoms with Gasteiger partial charge in [0, 0.05) is 23.5 Å². The van der Waals surface area contributed by atoms with Crippen LogP contribution in [0.5, 0.6) is 0 Å². The Labute approximate surface area is 234 Å². The number of carbonyl (C=O) groups excluding carboxylic acids is 1. The van der Waals surface area contributed by atoms with E-state index < -0.39 is 11.1 Å². The van der Waals surface area contributed by atoms with E-state index in [1.165, 1.54) is 5.56 Å². The van der Waals surface area contributed by atoms with Crippen LogP contribution in [-0.2, 0) is 16.7 Å². The van der Waals surface area contributed by atoms with Gasteiger partial charge < -0.3 is 10.1 Å². The quantitative estimate of drug-likeness (QED) is 0.261. The van der Waals surface area contributed by atoms with E-state index in [-0.39, 0.29) is 6.09 Å². The highest BCUT2D eigenvalue weighted by Gasteiger charge is 2.41. The summed E-state index contributed by atoms with van der Waals surface area (Å²) in [5, 5.41) is 12.7. The molecule has 0 spiro atoms. The largest absolute Gasteiger partial charge is 0.444 e. The van der Waals surface area contributed by atoms with Crippen molar-refractivity contribution in [1.82, 2.24) is 29.7 Å². The summed E-state index contributed by atoms with van der Waals surface area (Å²) in [5.74, 6) is 0.772. The molecule has 0 unspecified atom stereocenters. The lowest BCUT2D eigenvalue weighted by Gasteiger charge is -2.43. The fourth-order valence-electron chi connectivity index (χ4n) is 5.40. The number of amides is 1. The molecule has 0 saturated heterocycles. The van der Waals surface area contributed by atoms with Gasteiger partial charge in [-0.3, -0.25) is 0 Å². The Morgan fingerprint density at radius 3 is 2.45 bits per heavy atom. The second-order valence-corrected chi connectivity index (χ2v) is 11.4. The van der Waals surface area contributed by atoms with Gasteiger partial charge in [-0.2, -0.15) is 14.7 Å². The van der Waals surface area contributed by atoms with Crippen molar-refractivity contribution < 1.29 is 9.53 Å². The molecule has 204 valence electrons. The number of nitrogens with one attached hydrogen (secondary N) is 1. The summed E-state index contributed by atoms with van der Waals surface area (Å²) in [6.45, 7) is 7.78. The third-order valence-electron chi connectivity index (χ3n) is 7.51. The maximum Gasteiger partial charge on any atom is 0.408 e. The minimum atomic E-state index is -0.544. The van der Waals surface area contributed by atoms with Crippen LogP contribution in [0.25, 0.3) is 34.0 Å². The van der Waals surface area contributed by atoms with E-state index in [9.17, 15) is 4.79 Å². The van der Waals surface area contributed by atoms with E-state index in [2.05, 4.69) is 59.8 Å². The van der Waals surface area contributed by atoms with Crippen molar-refractivity contribution in [3.63, 3.8) is 0 Å². The van der Waals surface area contributed by atoms with Gasteiger partial charge in [0.25, 0.3) is 0 Å². The number of fused-ring (bicyclic) bond motifs is 1. The average Bonchev–Trinajstić information content (AvgIpc) is 3.57. The molecule has 1 fully saturated rings. The van der Waals surface area contributed by atoms with Crippen LogP contribution in [0.3, 0.4) is 0 Å². The molecule has 5 aromatic rings. The third-order valence-corrected chi connectivity index (χ3v) is 7.51. The number of carbonyl (C=O) groups is 1. The summed E-state index contributed by atoms with van der Waals surface area (Å²) in [4.78, 5) is 17.6.